The topological polar surface area (TPSA) is 49.4 Å². The summed E-state index contributed by atoms with van der Waals surface area (Å²) < 4.78 is 40.5. The number of nitrogens with one attached hydrogen (secondary N) is 1. The van der Waals surface area contributed by atoms with E-state index in [1.807, 2.05) is 12.1 Å². The second-order valence-electron chi connectivity index (χ2n) is 7.73. The number of anilines is 2. The second kappa shape index (κ2) is 9.32. The number of benzene rings is 3. The number of amides is 2. The van der Waals surface area contributed by atoms with Crippen LogP contribution in [0.4, 0.5) is 24.5 Å². The van der Waals surface area contributed by atoms with E-state index in [0.717, 1.165) is 41.9 Å². The monoisotopic (exact) mass is 450 g/mol. The highest BCUT2D eigenvalue weighted by Crippen LogP contribution is 2.34. The zero-order valence-corrected chi connectivity index (χ0v) is 17.9. The Balaban J connectivity index is 1.73. The minimum Gasteiger partial charge on any atom is -0.350 e. The molecule has 0 saturated heterocycles. The SMILES string of the molecule is CCCCc1ccc(N2C(=O)C(Nc3ccc(F)c(F)c3)=C(c3ccc(F)cc3)C2=O)cc1. The van der Waals surface area contributed by atoms with Crippen molar-refractivity contribution in [3.63, 3.8) is 0 Å². The predicted octanol–water partition coefficient (Wildman–Crippen LogP) is 5.84. The van der Waals surface area contributed by atoms with Crippen LogP contribution in [0.1, 0.15) is 30.9 Å². The number of unbranched alkanes of at least 4 members (excludes halogenated alkanes) is 1. The Bertz CT molecular complexity index is 1240. The molecule has 0 saturated carbocycles. The highest BCUT2D eigenvalue weighted by molar-refractivity contribution is 6.46. The molecule has 3 aromatic rings. The molecule has 0 unspecified atom stereocenters. The van der Waals surface area contributed by atoms with E-state index in [-0.39, 0.29) is 17.0 Å². The lowest BCUT2D eigenvalue weighted by Crippen LogP contribution is -2.32. The number of halogens is 3. The molecule has 7 heteroatoms. The minimum absolute atomic E-state index is 0.0137. The van der Waals surface area contributed by atoms with Crippen LogP contribution < -0.4 is 10.2 Å². The fourth-order valence-corrected chi connectivity index (χ4v) is 3.68. The van der Waals surface area contributed by atoms with Crippen LogP contribution in [0.25, 0.3) is 5.57 Å². The Morgan fingerprint density at radius 1 is 0.818 bits per heavy atom. The van der Waals surface area contributed by atoms with Crippen molar-refractivity contribution < 1.29 is 22.8 Å². The quantitative estimate of drug-likeness (QED) is 0.460. The molecule has 1 aliphatic heterocycles. The molecule has 1 N–H and O–H groups in total. The molecular weight excluding hydrogens is 429 g/mol. The van der Waals surface area contributed by atoms with E-state index >= 15 is 0 Å². The molecular formula is C26H21F3N2O2. The summed E-state index contributed by atoms with van der Waals surface area (Å²) in [5, 5.41) is 2.76. The van der Waals surface area contributed by atoms with Crippen molar-refractivity contribution in [1.29, 1.82) is 0 Å². The van der Waals surface area contributed by atoms with Gasteiger partial charge in [-0.2, -0.15) is 0 Å². The number of rotatable bonds is 7. The maximum absolute atomic E-state index is 13.7. The Labute approximate surface area is 189 Å². The van der Waals surface area contributed by atoms with Gasteiger partial charge in [-0.15, -0.1) is 0 Å². The van der Waals surface area contributed by atoms with Crippen molar-refractivity contribution >= 4 is 28.8 Å². The molecule has 0 spiro atoms. The van der Waals surface area contributed by atoms with Crippen molar-refractivity contribution in [2.45, 2.75) is 26.2 Å². The van der Waals surface area contributed by atoms with Crippen molar-refractivity contribution in [1.82, 2.24) is 0 Å². The van der Waals surface area contributed by atoms with Gasteiger partial charge in [0.2, 0.25) is 0 Å². The molecule has 0 aliphatic carbocycles. The van der Waals surface area contributed by atoms with Crippen LogP contribution in [-0.2, 0) is 16.0 Å². The Kier molecular flexibility index (Phi) is 6.31. The Morgan fingerprint density at radius 2 is 1.52 bits per heavy atom. The van der Waals surface area contributed by atoms with Gasteiger partial charge in [0, 0.05) is 11.8 Å². The summed E-state index contributed by atoms with van der Waals surface area (Å²) in [4.78, 5) is 27.7. The van der Waals surface area contributed by atoms with Crippen LogP contribution in [0.3, 0.4) is 0 Å². The van der Waals surface area contributed by atoms with Gasteiger partial charge in [0.05, 0.1) is 11.3 Å². The van der Waals surface area contributed by atoms with Crippen LogP contribution in [0, 0.1) is 17.5 Å². The van der Waals surface area contributed by atoms with Gasteiger partial charge in [-0.05, 0) is 60.4 Å². The molecule has 0 atom stereocenters. The second-order valence-corrected chi connectivity index (χ2v) is 7.73. The summed E-state index contributed by atoms with van der Waals surface area (Å²) in [6, 6.07) is 15.3. The van der Waals surface area contributed by atoms with Gasteiger partial charge >= 0.3 is 0 Å². The highest BCUT2D eigenvalue weighted by atomic mass is 19.2. The highest BCUT2D eigenvalue weighted by Gasteiger charge is 2.40. The van der Waals surface area contributed by atoms with Crippen LogP contribution in [0.2, 0.25) is 0 Å². The number of hydrogen-bond donors (Lipinski definition) is 1. The van der Waals surface area contributed by atoms with E-state index in [1.54, 1.807) is 12.1 Å². The van der Waals surface area contributed by atoms with Crippen molar-refractivity contribution in [3.8, 4) is 0 Å². The summed E-state index contributed by atoms with van der Waals surface area (Å²) in [6.45, 7) is 2.10. The van der Waals surface area contributed by atoms with Crippen molar-refractivity contribution in [3.05, 3.63) is 101 Å². The van der Waals surface area contributed by atoms with Crippen LogP contribution in [0.15, 0.2) is 72.4 Å². The van der Waals surface area contributed by atoms with E-state index in [0.29, 0.717) is 11.3 Å². The molecule has 4 rings (SSSR count). The molecule has 3 aromatic carbocycles. The average Bonchev–Trinajstić information content (AvgIpc) is 3.05. The summed E-state index contributed by atoms with van der Waals surface area (Å²) in [6.07, 6.45) is 2.97. The third kappa shape index (κ3) is 4.53. The Hall–Kier alpha value is -3.87. The number of hydrogen-bond acceptors (Lipinski definition) is 3. The first kappa shape index (κ1) is 22.3. The van der Waals surface area contributed by atoms with Gasteiger partial charge in [0.15, 0.2) is 11.6 Å². The van der Waals surface area contributed by atoms with Crippen LogP contribution in [0.5, 0.6) is 0 Å². The molecule has 1 aliphatic rings. The largest absolute Gasteiger partial charge is 0.350 e. The maximum Gasteiger partial charge on any atom is 0.282 e. The molecule has 2 amide bonds. The van der Waals surface area contributed by atoms with Gasteiger partial charge in [0.1, 0.15) is 11.5 Å². The zero-order valence-electron chi connectivity index (χ0n) is 17.9. The fraction of sp³-hybridized carbons (Fsp3) is 0.154. The minimum atomic E-state index is -1.10. The fourth-order valence-electron chi connectivity index (χ4n) is 3.68. The van der Waals surface area contributed by atoms with Crippen molar-refractivity contribution in [2.75, 3.05) is 10.2 Å². The lowest BCUT2D eigenvalue weighted by Gasteiger charge is -2.16. The Morgan fingerprint density at radius 3 is 2.15 bits per heavy atom. The van der Waals surface area contributed by atoms with E-state index in [1.165, 1.54) is 30.3 Å². The molecule has 4 nitrogen and oxygen atoms in total. The molecule has 33 heavy (non-hydrogen) atoms. The molecule has 0 bridgehead atoms. The predicted molar refractivity (Wildman–Crippen MR) is 121 cm³/mol. The first-order valence-corrected chi connectivity index (χ1v) is 10.6. The molecule has 0 radical (unpaired) electrons. The number of imide groups is 1. The summed E-state index contributed by atoms with van der Waals surface area (Å²) >= 11 is 0. The van der Waals surface area contributed by atoms with Gasteiger partial charge in [-0.1, -0.05) is 37.6 Å². The molecule has 168 valence electrons. The van der Waals surface area contributed by atoms with E-state index in [2.05, 4.69) is 12.2 Å². The van der Waals surface area contributed by atoms with E-state index in [4.69, 9.17) is 0 Å². The third-order valence-electron chi connectivity index (χ3n) is 5.42. The lowest BCUT2D eigenvalue weighted by atomic mass is 10.0. The number of carbonyl (C=O) groups excluding carboxylic acids is 2. The standard InChI is InChI=1S/C26H21F3N2O2/c1-2-3-4-16-5-12-20(13-6-16)31-25(32)23(17-7-9-18(27)10-8-17)24(26(31)33)30-19-11-14-21(28)22(29)15-19/h5-15,30H,2-4H2,1H3. The lowest BCUT2D eigenvalue weighted by molar-refractivity contribution is -0.120. The van der Waals surface area contributed by atoms with Gasteiger partial charge in [-0.3, -0.25) is 9.59 Å². The van der Waals surface area contributed by atoms with Crippen LogP contribution >= 0.6 is 0 Å². The molecule has 0 aromatic heterocycles. The molecule has 0 fully saturated rings. The third-order valence-corrected chi connectivity index (χ3v) is 5.42. The number of aryl methyl sites for hydroxylation is 1. The first-order valence-electron chi connectivity index (χ1n) is 10.6. The maximum atomic E-state index is 13.7. The molecule has 1 heterocycles. The first-order chi connectivity index (χ1) is 15.9. The summed E-state index contributed by atoms with van der Waals surface area (Å²) in [7, 11) is 0. The van der Waals surface area contributed by atoms with E-state index in [9.17, 15) is 22.8 Å². The van der Waals surface area contributed by atoms with E-state index < -0.39 is 29.3 Å². The van der Waals surface area contributed by atoms with Gasteiger partial charge in [-0.25, -0.2) is 18.1 Å². The normalized spacial score (nSPS) is 13.8. The van der Waals surface area contributed by atoms with Crippen LogP contribution in [-0.4, -0.2) is 11.8 Å². The zero-order chi connectivity index (χ0) is 23.5. The average molecular weight is 450 g/mol. The summed E-state index contributed by atoms with van der Waals surface area (Å²) in [5.74, 6) is -3.87. The number of carbonyl (C=O) groups is 2. The van der Waals surface area contributed by atoms with Crippen molar-refractivity contribution in [2.24, 2.45) is 0 Å². The smallest absolute Gasteiger partial charge is 0.282 e. The summed E-state index contributed by atoms with van der Waals surface area (Å²) in [5.41, 5.74) is 1.80. The number of nitrogens with zero attached hydrogens (tertiary/aromatic N) is 1. The van der Waals surface area contributed by atoms with Gasteiger partial charge < -0.3 is 5.32 Å². The van der Waals surface area contributed by atoms with Gasteiger partial charge in [0.25, 0.3) is 11.8 Å².